The minimum atomic E-state index is -1.09. The van der Waals surface area contributed by atoms with Crippen LogP contribution in [0.5, 0.6) is 0 Å². The molecule has 0 saturated carbocycles. The molecule has 0 aromatic carbocycles. The highest BCUT2D eigenvalue weighted by atomic mass is 19.1. The third-order valence-corrected chi connectivity index (χ3v) is 1.58. The van der Waals surface area contributed by atoms with Crippen LogP contribution in [0.1, 0.15) is 12.8 Å². The maximum absolute atomic E-state index is 12.6. The second-order valence-electron chi connectivity index (χ2n) is 2.57. The lowest BCUT2D eigenvalue weighted by atomic mass is 10.1. The first kappa shape index (κ1) is 8.77. The molecular formula is C8H10FNO2. The van der Waals surface area contributed by atoms with Crippen LogP contribution in [0.4, 0.5) is 9.18 Å². The van der Waals surface area contributed by atoms with E-state index in [4.69, 9.17) is 5.11 Å². The van der Waals surface area contributed by atoms with Gasteiger partial charge >= 0.3 is 6.09 Å². The zero-order valence-corrected chi connectivity index (χ0v) is 6.51. The van der Waals surface area contributed by atoms with Gasteiger partial charge in [-0.05, 0) is 18.1 Å². The Morgan fingerprint density at radius 3 is 3.08 bits per heavy atom. The SMILES string of the molecule is O=C(O)NCC1=CCCC(F)=C1. The zero-order valence-electron chi connectivity index (χ0n) is 6.51. The molecule has 1 amide bonds. The lowest BCUT2D eigenvalue weighted by molar-refractivity contribution is 0.195. The van der Waals surface area contributed by atoms with Gasteiger partial charge in [0.15, 0.2) is 0 Å². The van der Waals surface area contributed by atoms with Crippen LogP contribution in [0.25, 0.3) is 0 Å². The summed E-state index contributed by atoms with van der Waals surface area (Å²) in [5.41, 5.74) is 0.696. The summed E-state index contributed by atoms with van der Waals surface area (Å²) < 4.78 is 12.6. The molecule has 2 N–H and O–H groups in total. The second-order valence-corrected chi connectivity index (χ2v) is 2.57. The smallest absolute Gasteiger partial charge is 0.404 e. The van der Waals surface area contributed by atoms with Crippen LogP contribution in [-0.4, -0.2) is 17.7 Å². The van der Waals surface area contributed by atoms with Crippen molar-refractivity contribution in [3.63, 3.8) is 0 Å². The van der Waals surface area contributed by atoms with Crippen LogP contribution in [0.15, 0.2) is 23.6 Å². The standard InChI is InChI=1S/C8H10FNO2/c9-7-3-1-2-6(4-7)5-10-8(11)12/h2,4,10H,1,3,5H2,(H,11,12). The Bertz CT molecular complexity index is 245. The molecule has 1 aliphatic carbocycles. The van der Waals surface area contributed by atoms with Gasteiger partial charge < -0.3 is 10.4 Å². The van der Waals surface area contributed by atoms with E-state index < -0.39 is 6.09 Å². The van der Waals surface area contributed by atoms with Crippen LogP contribution in [0, 0.1) is 0 Å². The van der Waals surface area contributed by atoms with Crippen LogP contribution in [0.2, 0.25) is 0 Å². The maximum atomic E-state index is 12.6. The summed E-state index contributed by atoms with van der Waals surface area (Å²) in [6, 6.07) is 0. The van der Waals surface area contributed by atoms with Gasteiger partial charge in [0.25, 0.3) is 0 Å². The van der Waals surface area contributed by atoms with Crippen LogP contribution < -0.4 is 5.32 Å². The maximum Gasteiger partial charge on any atom is 0.404 e. The van der Waals surface area contributed by atoms with E-state index >= 15 is 0 Å². The van der Waals surface area contributed by atoms with Crippen LogP contribution in [-0.2, 0) is 0 Å². The molecule has 1 aliphatic rings. The molecule has 0 heterocycles. The highest BCUT2D eigenvalue weighted by Gasteiger charge is 2.04. The Kier molecular flexibility index (Phi) is 2.85. The third kappa shape index (κ3) is 2.74. The molecule has 0 radical (unpaired) electrons. The molecule has 0 fully saturated rings. The number of halogens is 1. The Balaban J connectivity index is 2.42. The summed E-state index contributed by atoms with van der Waals surface area (Å²) in [5, 5.41) is 10.4. The van der Waals surface area contributed by atoms with Gasteiger partial charge in [-0.3, -0.25) is 0 Å². The van der Waals surface area contributed by atoms with Gasteiger partial charge in [-0.25, -0.2) is 9.18 Å². The third-order valence-electron chi connectivity index (χ3n) is 1.58. The van der Waals surface area contributed by atoms with Crippen molar-refractivity contribution in [1.82, 2.24) is 5.32 Å². The normalized spacial score (nSPS) is 16.4. The number of rotatable bonds is 2. The lowest BCUT2D eigenvalue weighted by Crippen LogP contribution is -2.23. The molecule has 0 bridgehead atoms. The van der Waals surface area contributed by atoms with Crippen molar-refractivity contribution in [1.29, 1.82) is 0 Å². The van der Waals surface area contributed by atoms with Crippen molar-refractivity contribution in [2.45, 2.75) is 12.8 Å². The largest absolute Gasteiger partial charge is 0.465 e. The molecular weight excluding hydrogens is 161 g/mol. The monoisotopic (exact) mass is 171 g/mol. The van der Waals surface area contributed by atoms with E-state index in [1.165, 1.54) is 6.08 Å². The van der Waals surface area contributed by atoms with E-state index in [0.29, 0.717) is 18.4 Å². The van der Waals surface area contributed by atoms with Gasteiger partial charge in [-0.1, -0.05) is 6.08 Å². The fourth-order valence-electron chi connectivity index (χ4n) is 1.03. The Labute approximate surface area is 69.6 Å². The summed E-state index contributed by atoms with van der Waals surface area (Å²) in [5.74, 6) is -0.181. The molecule has 4 heteroatoms. The van der Waals surface area contributed by atoms with Gasteiger partial charge in [-0.2, -0.15) is 0 Å². The molecule has 0 aliphatic heterocycles. The topological polar surface area (TPSA) is 49.3 Å². The summed E-state index contributed by atoms with van der Waals surface area (Å²) in [6.07, 6.45) is 3.20. The Morgan fingerprint density at radius 1 is 1.75 bits per heavy atom. The van der Waals surface area contributed by atoms with Crippen molar-refractivity contribution in [3.8, 4) is 0 Å². The van der Waals surface area contributed by atoms with E-state index in [1.54, 1.807) is 0 Å². The van der Waals surface area contributed by atoms with E-state index in [-0.39, 0.29) is 12.4 Å². The molecule has 0 atom stereocenters. The molecule has 1 rings (SSSR count). The highest BCUT2D eigenvalue weighted by Crippen LogP contribution is 2.17. The lowest BCUT2D eigenvalue weighted by Gasteiger charge is -2.07. The first-order valence-corrected chi connectivity index (χ1v) is 3.70. The Morgan fingerprint density at radius 2 is 2.50 bits per heavy atom. The molecule has 0 spiro atoms. The van der Waals surface area contributed by atoms with Gasteiger partial charge in [-0.15, -0.1) is 0 Å². The number of hydrogen-bond donors (Lipinski definition) is 2. The molecule has 0 unspecified atom stereocenters. The van der Waals surface area contributed by atoms with Crippen LogP contribution >= 0.6 is 0 Å². The predicted octanol–water partition coefficient (Wildman–Crippen LogP) is 1.83. The number of carbonyl (C=O) groups is 1. The molecule has 0 aromatic heterocycles. The van der Waals surface area contributed by atoms with Crippen LogP contribution in [0.3, 0.4) is 0 Å². The van der Waals surface area contributed by atoms with Crippen molar-refractivity contribution >= 4 is 6.09 Å². The van der Waals surface area contributed by atoms with Gasteiger partial charge in [0.2, 0.25) is 0 Å². The quantitative estimate of drug-likeness (QED) is 0.665. The van der Waals surface area contributed by atoms with E-state index in [1.807, 2.05) is 6.08 Å². The van der Waals surface area contributed by atoms with Gasteiger partial charge in [0, 0.05) is 13.0 Å². The number of carboxylic acid groups (broad SMARTS) is 1. The number of nitrogens with one attached hydrogen (secondary N) is 1. The van der Waals surface area contributed by atoms with Crippen molar-refractivity contribution in [2.24, 2.45) is 0 Å². The Hall–Kier alpha value is -1.32. The van der Waals surface area contributed by atoms with Gasteiger partial charge in [0.05, 0.1) is 0 Å². The first-order valence-electron chi connectivity index (χ1n) is 3.70. The molecule has 3 nitrogen and oxygen atoms in total. The van der Waals surface area contributed by atoms with Crippen molar-refractivity contribution < 1.29 is 14.3 Å². The summed E-state index contributed by atoms with van der Waals surface area (Å²) in [4.78, 5) is 10.1. The van der Waals surface area contributed by atoms with E-state index in [2.05, 4.69) is 5.32 Å². The summed E-state index contributed by atoms with van der Waals surface area (Å²) >= 11 is 0. The van der Waals surface area contributed by atoms with Crippen molar-refractivity contribution in [2.75, 3.05) is 6.54 Å². The molecule has 0 aromatic rings. The molecule has 12 heavy (non-hydrogen) atoms. The average Bonchev–Trinajstić information content (AvgIpc) is 2.01. The molecule has 0 saturated heterocycles. The predicted molar refractivity (Wildman–Crippen MR) is 42.5 cm³/mol. The van der Waals surface area contributed by atoms with Gasteiger partial charge in [0.1, 0.15) is 5.83 Å². The fourth-order valence-corrected chi connectivity index (χ4v) is 1.03. The number of hydrogen-bond acceptors (Lipinski definition) is 1. The van der Waals surface area contributed by atoms with Crippen molar-refractivity contribution in [3.05, 3.63) is 23.6 Å². The minimum Gasteiger partial charge on any atom is -0.465 e. The highest BCUT2D eigenvalue weighted by molar-refractivity contribution is 5.65. The zero-order chi connectivity index (χ0) is 8.97. The first-order chi connectivity index (χ1) is 5.68. The number of amides is 1. The fraction of sp³-hybridized carbons (Fsp3) is 0.375. The number of allylic oxidation sites excluding steroid dienone is 2. The average molecular weight is 171 g/mol. The summed E-state index contributed by atoms with van der Waals surface area (Å²) in [6.45, 7) is 0.183. The van der Waals surface area contributed by atoms with E-state index in [0.717, 1.165) is 0 Å². The molecule has 66 valence electrons. The van der Waals surface area contributed by atoms with E-state index in [9.17, 15) is 9.18 Å². The summed E-state index contributed by atoms with van der Waals surface area (Å²) in [7, 11) is 0. The second kappa shape index (κ2) is 3.90. The minimum absolute atomic E-state index is 0.181.